The highest BCUT2D eigenvalue weighted by atomic mass is 16.7. The maximum absolute atomic E-state index is 13.5. The zero-order chi connectivity index (χ0) is 33.1. The number of para-hydroxylation sites is 2. The van der Waals surface area contributed by atoms with Gasteiger partial charge in [-0.05, 0) is 44.7 Å². The first-order chi connectivity index (χ1) is 23.4. The number of carbonyl (C=O) groups excluding carboxylic acids is 2. The minimum atomic E-state index is -0.468. The van der Waals surface area contributed by atoms with E-state index in [1.807, 2.05) is 30.3 Å². The molecule has 4 fully saturated rings. The number of nitrogens with zero attached hydrogens (tertiary/aromatic N) is 5. The zero-order valence-electron chi connectivity index (χ0n) is 28.0. The van der Waals surface area contributed by atoms with Crippen LogP contribution in [0.1, 0.15) is 75.3 Å². The summed E-state index contributed by atoms with van der Waals surface area (Å²) in [6.07, 6.45) is 10.7. The van der Waals surface area contributed by atoms with E-state index in [-0.39, 0.29) is 29.6 Å². The van der Waals surface area contributed by atoms with Crippen molar-refractivity contribution < 1.29 is 19.1 Å². The fourth-order valence-corrected chi connectivity index (χ4v) is 7.51. The van der Waals surface area contributed by atoms with Crippen LogP contribution in [0.15, 0.2) is 36.5 Å². The van der Waals surface area contributed by atoms with Gasteiger partial charge in [-0.3, -0.25) is 9.59 Å². The smallest absolute Gasteiger partial charge is 0.291 e. The largest absolute Gasteiger partial charge is 0.369 e. The molecule has 13 heteroatoms. The number of hydrogen-bond donors (Lipinski definition) is 4. The number of piperidine rings is 2. The van der Waals surface area contributed by atoms with E-state index < -0.39 is 5.79 Å². The molecule has 256 valence electrons. The van der Waals surface area contributed by atoms with E-state index in [1.165, 1.54) is 19.3 Å². The molecule has 1 spiro atoms. The van der Waals surface area contributed by atoms with E-state index in [1.54, 1.807) is 13.2 Å². The molecule has 3 aliphatic heterocycles. The molecule has 0 radical (unpaired) electrons. The van der Waals surface area contributed by atoms with Gasteiger partial charge in [0.05, 0.1) is 48.1 Å². The first-order valence-corrected chi connectivity index (χ1v) is 17.5. The molecule has 1 aliphatic carbocycles. The van der Waals surface area contributed by atoms with E-state index in [4.69, 9.17) is 14.5 Å². The van der Waals surface area contributed by atoms with Gasteiger partial charge in [0.1, 0.15) is 5.82 Å². The zero-order valence-corrected chi connectivity index (χ0v) is 28.0. The Balaban J connectivity index is 1.04. The molecule has 4 aliphatic rings. The topological polar surface area (TPSA) is 150 Å². The lowest BCUT2D eigenvalue weighted by Crippen LogP contribution is -2.49. The maximum Gasteiger partial charge on any atom is 0.291 e. The standard InChI is InChI=1S/C35H47N9O4/c1-23-12-13-24(32(45)38-25-8-4-3-5-9-25)22-44(23)30-20-27(41-34(36-2)42-30)28-21-37-31(39-28)33(46)40-26-10-6-7-11-29(26)43-16-14-35(15-17-43)47-18-19-48-35/h6-7,10-11,20-21,23-25H,3-5,8-9,12-19,22H2,1-2H3,(H,37,39)(H,38,45)(H,40,46)(H,36,41,42). The van der Waals surface area contributed by atoms with Gasteiger partial charge in [-0.2, -0.15) is 4.98 Å². The molecule has 13 nitrogen and oxygen atoms in total. The van der Waals surface area contributed by atoms with Crippen LogP contribution in [-0.4, -0.2) is 89.5 Å². The summed E-state index contributed by atoms with van der Waals surface area (Å²) in [6, 6.07) is 10.2. The second-order valence-corrected chi connectivity index (χ2v) is 13.5. The van der Waals surface area contributed by atoms with E-state index in [9.17, 15) is 9.59 Å². The number of rotatable bonds is 8. The van der Waals surface area contributed by atoms with Crippen LogP contribution in [0.5, 0.6) is 0 Å². The Morgan fingerprint density at radius 2 is 1.77 bits per heavy atom. The monoisotopic (exact) mass is 657 g/mol. The molecule has 4 N–H and O–H groups in total. The van der Waals surface area contributed by atoms with Crippen molar-refractivity contribution in [3.05, 3.63) is 42.4 Å². The highest BCUT2D eigenvalue weighted by molar-refractivity contribution is 6.04. The van der Waals surface area contributed by atoms with Crippen LogP contribution in [0.4, 0.5) is 23.1 Å². The summed E-state index contributed by atoms with van der Waals surface area (Å²) in [4.78, 5) is 48.3. The lowest BCUT2D eigenvalue weighted by molar-refractivity contribution is -0.169. The third-order valence-corrected chi connectivity index (χ3v) is 10.3. The van der Waals surface area contributed by atoms with Crippen molar-refractivity contribution in [3.8, 4) is 11.4 Å². The predicted octanol–water partition coefficient (Wildman–Crippen LogP) is 4.56. The molecule has 2 aromatic heterocycles. The van der Waals surface area contributed by atoms with Crippen molar-refractivity contribution in [1.82, 2.24) is 25.3 Å². The lowest BCUT2D eigenvalue weighted by atomic mass is 9.91. The molecule has 3 aromatic rings. The van der Waals surface area contributed by atoms with Crippen LogP contribution in [0.3, 0.4) is 0 Å². The molecular weight excluding hydrogens is 610 g/mol. The molecular formula is C35H47N9O4. The van der Waals surface area contributed by atoms with Crippen molar-refractivity contribution in [3.63, 3.8) is 0 Å². The summed E-state index contributed by atoms with van der Waals surface area (Å²) in [7, 11) is 1.78. The number of ether oxygens (including phenoxy) is 2. The van der Waals surface area contributed by atoms with Crippen LogP contribution >= 0.6 is 0 Å². The Morgan fingerprint density at radius 1 is 1.00 bits per heavy atom. The fraction of sp³-hybridized carbons (Fsp3) is 0.571. The van der Waals surface area contributed by atoms with Crippen molar-refractivity contribution in [1.29, 1.82) is 0 Å². The van der Waals surface area contributed by atoms with Crippen molar-refractivity contribution in [2.75, 3.05) is 60.3 Å². The van der Waals surface area contributed by atoms with Gasteiger partial charge in [-0.1, -0.05) is 31.4 Å². The molecule has 2 unspecified atom stereocenters. The number of nitrogens with one attached hydrogen (secondary N) is 4. The van der Waals surface area contributed by atoms with Crippen LogP contribution < -0.4 is 25.8 Å². The fourth-order valence-electron chi connectivity index (χ4n) is 7.51. The predicted molar refractivity (Wildman–Crippen MR) is 184 cm³/mol. The summed E-state index contributed by atoms with van der Waals surface area (Å²) in [5.74, 6) is 0.609. The van der Waals surface area contributed by atoms with Gasteiger partial charge in [0, 0.05) is 57.7 Å². The Morgan fingerprint density at radius 3 is 2.54 bits per heavy atom. The van der Waals surface area contributed by atoms with Crippen molar-refractivity contribution >= 4 is 35.0 Å². The molecule has 2 atom stereocenters. The summed E-state index contributed by atoms with van der Waals surface area (Å²) < 4.78 is 11.8. The highest BCUT2D eigenvalue weighted by Crippen LogP contribution is 2.36. The highest BCUT2D eigenvalue weighted by Gasteiger charge is 2.40. The number of imidazole rings is 1. The van der Waals surface area contributed by atoms with E-state index in [2.05, 4.69) is 47.6 Å². The van der Waals surface area contributed by atoms with E-state index in [0.29, 0.717) is 48.8 Å². The number of anilines is 4. The first-order valence-electron chi connectivity index (χ1n) is 17.5. The van der Waals surface area contributed by atoms with Gasteiger partial charge in [0.2, 0.25) is 11.9 Å². The van der Waals surface area contributed by atoms with Gasteiger partial charge in [0.15, 0.2) is 11.6 Å². The molecule has 7 rings (SSSR count). The van der Waals surface area contributed by atoms with E-state index in [0.717, 1.165) is 63.1 Å². The Labute approximate surface area is 281 Å². The number of aromatic amines is 1. The van der Waals surface area contributed by atoms with Crippen LogP contribution in [0, 0.1) is 5.92 Å². The molecule has 48 heavy (non-hydrogen) atoms. The van der Waals surface area contributed by atoms with Crippen LogP contribution in [0.2, 0.25) is 0 Å². The Kier molecular flexibility index (Phi) is 9.49. The number of H-pyrrole nitrogens is 1. The average Bonchev–Trinajstić information content (AvgIpc) is 3.80. The minimum Gasteiger partial charge on any atom is -0.369 e. The third kappa shape index (κ3) is 6.98. The van der Waals surface area contributed by atoms with Crippen molar-refractivity contribution in [2.45, 2.75) is 82.6 Å². The lowest BCUT2D eigenvalue weighted by Gasteiger charge is -2.39. The van der Waals surface area contributed by atoms with Crippen LogP contribution in [-0.2, 0) is 14.3 Å². The summed E-state index contributed by atoms with van der Waals surface area (Å²) >= 11 is 0. The minimum absolute atomic E-state index is 0.0969. The number of aromatic nitrogens is 4. The maximum atomic E-state index is 13.5. The van der Waals surface area contributed by atoms with Gasteiger partial charge in [-0.25, -0.2) is 9.97 Å². The summed E-state index contributed by atoms with van der Waals surface area (Å²) in [5, 5.41) is 9.45. The normalized spacial score (nSPS) is 22.9. The number of amides is 2. The second-order valence-electron chi connectivity index (χ2n) is 13.5. The SMILES string of the molecule is CNc1nc(-c2cnc(C(=O)Nc3ccccc3N3CCC4(CC3)OCCO4)[nH]2)cc(N2CC(C(=O)NC3CCCCC3)CCC2C)n1. The Bertz CT molecular complexity index is 1590. The third-order valence-electron chi connectivity index (χ3n) is 10.3. The van der Waals surface area contributed by atoms with E-state index >= 15 is 0 Å². The van der Waals surface area contributed by atoms with Crippen LogP contribution in [0.25, 0.3) is 11.4 Å². The molecule has 3 saturated heterocycles. The second kappa shape index (κ2) is 14.1. The average molecular weight is 658 g/mol. The molecule has 0 bridgehead atoms. The molecule has 2 amide bonds. The number of benzene rings is 1. The quantitative estimate of drug-likeness (QED) is 0.272. The molecule has 1 saturated carbocycles. The van der Waals surface area contributed by atoms with Gasteiger partial charge in [-0.15, -0.1) is 0 Å². The van der Waals surface area contributed by atoms with Crippen molar-refractivity contribution in [2.24, 2.45) is 5.92 Å². The summed E-state index contributed by atoms with van der Waals surface area (Å²) in [5.41, 5.74) is 2.87. The summed E-state index contributed by atoms with van der Waals surface area (Å²) in [6.45, 7) is 5.58. The Hall–Kier alpha value is -4.23. The van der Waals surface area contributed by atoms with Gasteiger partial charge >= 0.3 is 0 Å². The number of carbonyl (C=O) groups is 2. The first kappa shape index (κ1) is 32.3. The molecule has 5 heterocycles. The van der Waals surface area contributed by atoms with Gasteiger partial charge < -0.3 is 40.2 Å². The molecule has 1 aromatic carbocycles. The van der Waals surface area contributed by atoms with Gasteiger partial charge in [0.25, 0.3) is 5.91 Å². The number of hydrogen-bond acceptors (Lipinski definition) is 10.